The Morgan fingerprint density at radius 2 is 1.55 bits per heavy atom. The highest BCUT2D eigenvalue weighted by Gasteiger charge is 2.49. The van der Waals surface area contributed by atoms with E-state index in [0.717, 1.165) is 55.8 Å². The smallest absolute Gasteiger partial charge is 0.321 e. The number of benzene rings is 3. The molecule has 0 aromatic heterocycles. The van der Waals surface area contributed by atoms with Crippen molar-refractivity contribution in [2.45, 2.75) is 37.8 Å². The highest BCUT2D eigenvalue weighted by Crippen LogP contribution is 2.42. The van der Waals surface area contributed by atoms with E-state index < -0.39 is 0 Å². The molecule has 3 aromatic carbocycles. The number of aryl methyl sites for hydroxylation is 1. The van der Waals surface area contributed by atoms with Crippen molar-refractivity contribution in [1.29, 1.82) is 0 Å². The van der Waals surface area contributed by atoms with Crippen molar-refractivity contribution in [3.05, 3.63) is 101 Å². The molecule has 2 heterocycles. The lowest BCUT2D eigenvalue weighted by atomic mass is 9.73. The Morgan fingerprint density at radius 1 is 0.895 bits per heavy atom. The number of nitrogens with zero attached hydrogens (tertiary/aromatic N) is 3. The number of fused-ring (bicyclic) bond motifs is 1. The van der Waals surface area contributed by atoms with Crippen LogP contribution in [-0.2, 0) is 0 Å². The maximum Gasteiger partial charge on any atom is 0.321 e. The quantitative estimate of drug-likeness (QED) is 0.480. The maximum atomic E-state index is 13.3. The molecule has 0 aliphatic carbocycles. The van der Waals surface area contributed by atoms with Gasteiger partial charge in [0.05, 0.1) is 0 Å². The molecule has 5 rings (SSSR count). The number of anilines is 1. The Hall–Kier alpha value is -3.59. The fourth-order valence-electron chi connectivity index (χ4n) is 5.79. The van der Waals surface area contributed by atoms with Crippen LogP contribution in [0.3, 0.4) is 0 Å². The van der Waals surface area contributed by atoms with Gasteiger partial charge in [-0.15, -0.1) is 0 Å². The summed E-state index contributed by atoms with van der Waals surface area (Å²) in [5, 5.41) is 3.12. The summed E-state index contributed by atoms with van der Waals surface area (Å²) in [6.45, 7) is 5.69. The van der Waals surface area contributed by atoms with Gasteiger partial charge in [0.15, 0.2) is 0 Å². The van der Waals surface area contributed by atoms with E-state index >= 15 is 0 Å². The van der Waals surface area contributed by atoms with Crippen molar-refractivity contribution in [2.75, 3.05) is 45.6 Å². The summed E-state index contributed by atoms with van der Waals surface area (Å²) < 4.78 is 0. The van der Waals surface area contributed by atoms with Crippen molar-refractivity contribution in [1.82, 2.24) is 14.7 Å². The highest BCUT2D eigenvalue weighted by atomic mass is 16.2. The van der Waals surface area contributed by atoms with Crippen LogP contribution < -0.4 is 5.32 Å². The molecule has 2 saturated heterocycles. The molecule has 0 bridgehead atoms. The molecule has 2 fully saturated rings. The molecule has 2 amide bonds. The predicted octanol–water partition coefficient (Wildman–Crippen LogP) is 5.42. The number of carbonyl (C=O) groups is 1. The molecular weight excluding hydrogens is 468 g/mol. The van der Waals surface area contributed by atoms with E-state index in [0.29, 0.717) is 18.0 Å². The lowest BCUT2D eigenvalue weighted by Crippen LogP contribution is -2.69. The van der Waals surface area contributed by atoms with Crippen LogP contribution in [0.25, 0.3) is 0 Å². The van der Waals surface area contributed by atoms with Gasteiger partial charge in [-0.2, -0.15) is 0 Å². The molecular formula is C33H38N4O. The molecule has 5 nitrogen and oxygen atoms in total. The standard InChI is InChI=1S/C33H38N4O/c1-25-11-19-29(20-12-25)34-33(38)36-21-7-8-22-37-30(23-35(2)3)32(31(37)24-36)28-17-15-27(16-18-28)14-13-26-9-5-4-6-10-26/h4-6,9-12,15-20,30-32H,7-8,21-24H2,1-3H3,(H,34,38)/t30-,31+,32+/m1/s1. The normalized spacial score (nSPS) is 21.4. The summed E-state index contributed by atoms with van der Waals surface area (Å²) >= 11 is 0. The molecule has 5 heteroatoms. The summed E-state index contributed by atoms with van der Waals surface area (Å²) in [6, 6.07) is 27.7. The second kappa shape index (κ2) is 11.9. The number of carbonyl (C=O) groups excluding carboxylic acids is 1. The zero-order valence-electron chi connectivity index (χ0n) is 22.7. The maximum absolute atomic E-state index is 13.3. The first-order chi connectivity index (χ1) is 18.5. The van der Waals surface area contributed by atoms with Gasteiger partial charge in [0.25, 0.3) is 0 Å². The molecule has 38 heavy (non-hydrogen) atoms. The van der Waals surface area contributed by atoms with E-state index in [9.17, 15) is 4.79 Å². The summed E-state index contributed by atoms with van der Waals surface area (Å²) in [4.78, 5) is 20.2. The zero-order chi connectivity index (χ0) is 26.5. The van der Waals surface area contributed by atoms with Crippen molar-refractivity contribution >= 4 is 11.7 Å². The van der Waals surface area contributed by atoms with Crippen LogP contribution in [0.4, 0.5) is 10.5 Å². The Bertz CT molecular complexity index is 1270. The molecule has 3 atom stereocenters. The van der Waals surface area contributed by atoms with Gasteiger partial charge in [-0.1, -0.05) is 59.9 Å². The van der Waals surface area contributed by atoms with Crippen LogP contribution in [0.15, 0.2) is 78.9 Å². The van der Waals surface area contributed by atoms with Crippen molar-refractivity contribution in [3.63, 3.8) is 0 Å². The molecule has 3 aromatic rings. The number of hydrogen-bond donors (Lipinski definition) is 1. The first-order valence-electron chi connectivity index (χ1n) is 13.7. The number of likely N-dealkylation sites (N-methyl/N-ethyl adjacent to an activating group) is 1. The molecule has 2 aliphatic rings. The Morgan fingerprint density at radius 3 is 2.24 bits per heavy atom. The molecule has 0 unspecified atom stereocenters. The van der Waals surface area contributed by atoms with Gasteiger partial charge < -0.3 is 15.1 Å². The third-order valence-electron chi connectivity index (χ3n) is 7.75. The minimum absolute atomic E-state index is 0.00273. The second-order valence-corrected chi connectivity index (χ2v) is 10.8. The Kier molecular flexibility index (Phi) is 8.12. The summed E-state index contributed by atoms with van der Waals surface area (Å²) in [5.74, 6) is 6.93. The van der Waals surface area contributed by atoms with Crippen molar-refractivity contribution in [3.8, 4) is 11.8 Å². The molecule has 2 aliphatic heterocycles. The molecule has 196 valence electrons. The second-order valence-electron chi connectivity index (χ2n) is 10.8. The van der Waals surface area contributed by atoms with E-state index in [-0.39, 0.29) is 6.03 Å². The van der Waals surface area contributed by atoms with E-state index in [2.05, 4.69) is 72.2 Å². The van der Waals surface area contributed by atoms with Crippen molar-refractivity contribution < 1.29 is 4.79 Å². The van der Waals surface area contributed by atoms with Gasteiger partial charge in [-0.25, -0.2) is 4.79 Å². The summed E-state index contributed by atoms with van der Waals surface area (Å²) in [6.07, 6.45) is 2.13. The van der Waals surface area contributed by atoms with E-state index in [1.54, 1.807) is 0 Å². The molecule has 0 radical (unpaired) electrons. The summed E-state index contributed by atoms with van der Waals surface area (Å²) in [5.41, 5.74) is 5.42. The van der Waals surface area contributed by atoms with Crippen LogP contribution in [-0.4, -0.2) is 73.1 Å². The largest absolute Gasteiger partial charge is 0.323 e. The first-order valence-corrected chi connectivity index (χ1v) is 13.7. The van der Waals surface area contributed by atoms with Crippen LogP contribution in [0.5, 0.6) is 0 Å². The third-order valence-corrected chi connectivity index (χ3v) is 7.75. The first kappa shape index (κ1) is 26.0. The number of rotatable bonds is 4. The minimum Gasteiger partial charge on any atom is -0.323 e. The van der Waals surface area contributed by atoms with Gasteiger partial charge >= 0.3 is 6.03 Å². The van der Waals surface area contributed by atoms with Crippen molar-refractivity contribution in [2.24, 2.45) is 0 Å². The number of amides is 2. The Labute approximate surface area is 227 Å². The van der Waals surface area contributed by atoms with Gasteiger partial charge in [-0.05, 0) is 82.4 Å². The topological polar surface area (TPSA) is 38.8 Å². The fourth-order valence-corrected chi connectivity index (χ4v) is 5.79. The van der Waals surface area contributed by atoms with Crippen LogP contribution in [0, 0.1) is 18.8 Å². The molecule has 0 spiro atoms. The monoisotopic (exact) mass is 506 g/mol. The average Bonchev–Trinajstić information content (AvgIpc) is 2.91. The predicted molar refractivity (Wildman–Crippen MR) is 155 cm³/mol. The van der Waals surface area contributed by atoms with Crippen LogP contribution in [0.1, 0.15) is 41.0 Å². The van der Waals surface area contributed by atoms with Crippen LogP contribution >= 0.6 is 0 Å². The van der Waals surface area contributed by atoms with Gasteiger partial charge in [0.1, 0.15) is 0 Å². The number of nitrogens with one attached hydrogen (secondary N) is 1. The highest BCUT2D eigenvalue weighted by molar-refractivity contribution is 5.89. The van der Waals surface area contributed by atoms with Gasteiger partial charge in [-0.3, -0.25) is 4.90 Å². The average molecular weight is 507 g/mol. The number of urea groups is 1. The van der Waals surface area contributed by atoms with Crippen LogP contribution in [0.2, 0.25) is 0 Å². The SMILES string of the molecule is Cc1ccc(NC(=O)N2CCCCN3[C@H](CN(C)C)[C@H](c4ccc(C#Cc5ccccc5)cc4)[C@@H]3C2)cc1. The molecule has 0 saturated carbocycles. The Balaban J connectivity index is 1.34. The van der Waals surface area contributed by atoms with Gasteiger partial charge in [0, 0.05) is 54.5 Å². The third kappa shape index (κ3) is 6.10. The minimum atomic E-state index is -0.00273. The fraction of sp³-hybridized carbons (Fsp3) is 0.364. The zero-order valence-corrected chi connectivity index (χ0v) is 22.7. The van der Waals surface area contributed by atoms with E-state index in [1.807, 2.05) is 59.5 Å². The number of hydrogen-bond acceptors (Lipinski definition) is 3. The van der Waals surface area contributed by atoms with E-state index in [4.69, 9.17) is 0 Å². The lowest BCUT2D eigenvalue weighted by Gasteiger charge is -2.58. The molecule has 1 N–H and O–H groups in total. The van der Waals surface area contributed by atoms with Gasteiger partial charge in [0.2, 0.25) is 0 Å². The lowest BCUT2D eigenvalue weighted by molar-refractivity contribution is -0.0447. The van der Waals surface area contributed by atoms with E-state index in [1.165, 1.54) is 11.1 Å². The summed E-state index contributed by atoms with van der Waals surface area (Å²) in [7, 11) is 4.30.